The molecule has 0 aromatic heterocycles. The van der Waals surface area contributed by atoms with Gasteiger partial charge in [0.1, 0.15) is 11.6 Å². The van der Waals surface area contributed by atoms with E-state index >= 15 is 0 Å². The van der Waals surface area contributed by atoms with Crippen LogP contribution in [-0.4, -0.2) is 18.4 Å². The first-order valence-corrected chi connectivity index (χ1v) is 6.30. The van der Waals surface area contributed by atoms with Crippen LogP contribution >= 0.6 is 12.4 Å². The summed E-state index contributed by atoms with van der Waals surface area (Å²) >= 11 is 0. The summed E-state index contributed by atoms with van der Waals surface area (Å²) in [6.07, 6.45) is 2.75. The smallest absolute Gasteiger partial charge is 0.234 e. The Kier molecular flexibility index (Phi) is 7.35. The van der Waals surface area contributed by atoms with Crippen molar-refractivity contribution >= 4 is 30.8 Å². The third-order valence-corrected chi connectivity index (χ3v) is 2.46. The molecular formula is C15H14ClF2N5. The van der Waals surface area contributed by atoms with E-state index in [1.54, 1.807) is 24.3 Å². The molecule has 0 atom stereocenters. The Labute approximate surface area is 138 Å². The summed E-state index contributed by atoms with van der Waals surface area (Å²) in [5, 5.41) is 11.1. The maximum absolute atomic E-state index is 12.9. The topological polar surface area (TPSA) is 75.1 Å². The van der Waals surface area contributed by atoms with Gasteiger partial charge >= 0.3 is 0 Å². The quantitative estimate of drug-likeness (QED) is 0.511. The Morgan fingerprint density at radius 3 is 2.09 bits per heavy atom. The molecule has 5 nitrogen and oxygen atoms in total. The average Bonchev–Trinajstić information content (AvgIpc) is 2.47. The fourth-order valence-electron chi connectivity index (χ4n) is 1.53. The van der Waals surface area contributed by atoms with Crippen molar-refractivity contribution in [2.75, 3.05) is 0 Å². The standard InChI is InChI=1S/C15H13F2N5.ClH/c16-13-5-1-3-11(7-13)9-19-21-15(18)22-20-10-12-4-2-6-14(17)8-12;/h1-10H,(H3,18,21,22);1H. The van der Waals surface area contributed by atoms with Crippen LogP contribution in [0.5, 0.6) is 0 Å². The largest absolute Gasteiger partial charge is 0.367 e. The van der Waals surface area contributed by atoms with Crippen molar-refractivity contribution in [2.24, 2.45) is 21.0 Å². The van der Waals surface area contributed by atoms with E-state index in [0.717, 1.165) is 0 Å². The molecule has 3 N–H and O–H groups in total. The molecule has 0 saturated carbocycles. The summed E-state index contributed by atoms with van der Waals surface area (Å²) in [6, 6.07) is 11.8. The number of benzene rings is 2. The Bertz CT molecular complexity index is 731. The number of rotatable bonds is 4. The van der Waals surface area contributed by atoms with Crippen LogP contribution in [-0.2, 0) is 0 Å². The molecule has 0 amide bonds. The molecule has 0 spiro atoms. The van der Waals surface area contributed by atoms with Gasteiger partial charge in [-0.3, -0.25) is 0 Å². The maximum Gasteiger partial charge on any atom is 0.234 e. The zero-order chi connectivity index (χ0) is 15.8. The summed E-state index contributed by atoms with van der Waals surface area (Å²) < 4.78 is 25.9. The van der Waals surface area contributed by atoms with Crippen molar-refractivity contribution in [2.45, 2.75) is 0 Å². The lowest BCUT2D eigenvalue weighted by Crippen LogP contribution is -2.26. The van der Waals surface area contributed by atoms with Gasteiger partial charge in [-0.25, -0.2) is 14.2 Å². The van der Waals surface area contributed by atoms with Crippen molar-refractivity contribution in [3.8, 4) is 0 Å². The summed E-state index contributed by atoms with van der Waals surface area (Å²) in [4.78, 5) is 0. The molecule has 0 fully saturated rings. The number of hydrazone groups is 1. The molecule has 0 radical (unpaired) electrons. The number of nitrogens with two attached hydrogens (primary N) is 1. The van der Waals surface area contributed by atoms with E-state index in [1.165, 1.54) is 36.7 Å². The third-order valence-electron chi connectivity index (χ3n) is 2.46. The molecule has 2 aromatic rings. The molecule has 23 heavy (non-hydrogen) atoms. The lowest BCUT2D eigenvalue weighted by atomic mass is 10.2. The van der Waals surface area contributed by atoms with Gasteiger partial charge in [-0.1, -0.05) is 24.3 Å². The van der Waals surface area contributed by atoms with Gasteiger partial charge in [-0.05, 0) is 35.4 Å². The highest BCUT2D eigenvalue weighted by Crippen LogP contribution is 2.01. The number of hydrogen-bond donors (Lipinski definition) is 2. The molecule has 0 unspecified atom stereocenters. The summed E-state index contributed by atoms with van der Waals surface area (Å²) in [5.41, 5.74) is 9.09. The highest BCUT2D eigenvalue weighted by atomic mass is 35.5. The Morgan fingerprint density at radius 2 is 1.52 bits per heavy atom. The normalized spacial score (nSPS) is 11.7. The second-order valence-corrected chi connectivity index (χ2v) is 4.21. The van der Waals surface area contributed by atoms with E-state index in [4.69, 9.17) is 5.73 Å². The lowest BCUT2D eigenvalue weighted by Gasteiger charge is -1.96. The molecule has 0 aliphatic heterocycles. The number of hydrogen-bond acceptors (Lipinski definition) is 3. The molecule has 0 bridgehead atoms. The van der Waals surface area contributed by atoms with Crippen LogP contribution < -0.4 is 11.2 Å². The van der Waals surface area contributed by atoms with Crippen LogP contribution in [0, 0.1) is 11.6 Å². The van der Waals surface area contributed by atoms with E-state index in [0.29, 0.717) is 11.1 Å². The van der Waals surface area contributed by atoms with E-state index in [-0.39, 0.29) is 30.0 Å². The fraction of sp³-hybridized carbons (Fsp3) is 0. The first kappa shape index (κ1) is 18.2. The second kappa shape index (κ2) is 9.26. The van der Waals surface area contributed by atoms with Crippen LogP contribution in [0.3, 0.4) is 0 Å². The van der Waals surface area contributed by atoms with E-state index in [9.17, 15) is 8.78 Å². The van der Waals surface area contributed by atoms with E-state index in [2.05, 4.69) is 20.7 Å². The minimum atomic E-state index is -0.362. The van der Waals surface area contributed by atoms with Crippen molar-refractivity contribution in [1.82, 2.24) is 5.43 Å². The molecular weight excluding hydrogens is 324 g/mol. The van der Waals surface area contributed by atoms with Gasteiger partial charge in [-0.2, -0.15) is 10.2 Å². The average molecular weight is 338 g/mol. The van der Waals surface area contributed by atoms with Crippen molar-refractivity contribution in [3.05, 3.63) is 71.3 Å². The van der Waals surface area contributed by atoms with Crippen molar-refractivity contribution in [3.63, 3.8) is 0 Å². The molecule has 0 heterocycles. The SMILES string of the molecule is Cl.NC(=NN=Cc1cccc(F)c1)NN=Cc1cccc(F)c1. The van der Waals surface area contributed by atoms with Crippen LogP contribution in [0.1, 0.15) is 11.1 Å². The van der Waals surface area contributed by atoms with Gasteiger partial charge in [-0.15, -0.1) is 17.5 Å². The second-order valence-electron chi connectivity index (χ2n) is 4.21. The number of halogens is 3. The van der Waals surface area contributed by atoms with Crippen LogP contribution in [0.15, 0.2) is 63.8 Å². The zero-order valence-corrected chi connectivity index (χ0v) is 12.7. The minimum Gasteiger partial charge on any atom is -0.367 e. The molecule has 120 valence electrons. The predicted molar refractivity (Wildman–Crippen MR) is 90.0 cm³/mol. The summed E-state index contributed by atoms with van der Waals surface area (Å²) in [6.45, 7) is 0. The van der Waals surface area contributed by atoms with Gasteiger partial charge in [0.2, 0.25) is 5.96 Å². The maximum atomic E-state index is 12.9. The molecule has 2 aromatic carbocycles. The van der Waals surface area contributed by atoms with Gasteiger partial charge in [0.05, 0.1) is 12.4 Å². The highest BCUT2D eigenvalue weighted by Gasteiger charge is 1.92. The van der Waals surface area contributed by atoms with E-state index in [1.807, 2.05) is 0 Å². The zero-order valence-electron chi connectivity index (χ0n) is 11.9. The fourth-order valence-corrected chi connectivity index (χ4v) is 1.53. The highest BCUT2D eigenvalue weighted by molar-refractivity contribution is 5.85. The van der Waals surface area contributed by atoms with Gasteiger partial charge < -0.3 is 5.73 Å². The summed E-state index contributed by atoms with van der Waals surface area (Å²) in [5.74, 6) is -0.774. The molecule has 2 rings (SSSR count). The van der Waals surface area contributed by atoms with Gasteiger partial charge in [0.25, 0.3) is 0 Å². The van der Waals surface area contributed by atoms with Crippen LogP contribution in [0.2, 0.25) is 0 Å². The third kappa shape index (κ3) is 6.66. The number of nitrogens with zero attached hydrogens (tertiary/aromatic N) is 3. The van der Waals surface area contributed by atoms with Crippen LogP contribution in [0.4, 0.5) is 8.78 Å². The number of nitrogens with one attached hydrogen (secondary N) is 1. The first-order chi connectivity index (χ1) is 10.6. The van der Waals surface area contributed by atoms with Crippen LogP contribution in [0.25, 0.3) is 0 Å². The lowest BCUT2D eigenvalue weighted by molar-refractivity contribution is 0.627. The van der Waals surface area contributed by atoms with E-state index < -0.39 is 0 Å². The summed E-state index contributed by atoms with van der Waals surface area (Å²) in [7, 11) is 0. The van der Waals surface area contributed by atoms with Crippen molar-refractivity contribution < 1.29 is 8.78 Å². The molecule has 8 heteroatoms. The molecule has 0 aliphatic carbocycles. The van der Waals surface area contributed by atoms with Gasteiger partial charge in [0, 0.05) is 0 Å². The van der Waals surface area contributed by atoms with Gasteiger partial charge in [0.15, 0.2) is 0 Å². The Hall–Kier alpha value is -2.80. The Balaban J connectivity index is 0.00000264. The van der Waals surface area contributed by atoms with Crippen molar-refractivity contribution in [1.29, 1.82) is 0 Å². The first-order valence-electron chi connectivity index (χ1n) is 6.30. The number of guanidine groups is 1. The Morgan fingerprint density at radius 1 is 0.957 bits per heavy atom. The minimum absolute atomic E-state index is 0. The molecule has 0 saturated heterocycles. The predicted octanol–water partition coefficient (Wildman–Crippen LogP) is 2.66. The monoisotopic (exact) mass is 337 g/mol. The molecule has 0 aliphatic rings.